The third-order valence-electron chi connectivity index (χ3n) is 3.26. The monoisotopic (exact) mass is 322 g/mol. The zero-order chi connectivity index (χ0) is 17.5. The first kappa shape index (κ1) is 17.0. The number of hydrogen-bond donors (Lipinski definition) is 3. The molecular weight excluding hydrogens is 304 g/mol. The fraction of sp³-hybridized carbons (Fsp3) is 0.167. The van der Waals surface area contributed by atoms with Gasteiger partial charge in [0.05, 0.1) is 11.3 Å². The average molecular weight is 322 g/mol. The molecule has 0 radical (unpaired) electrons. The Morgan fingerprint density at radius 1 is 1.04 bits per heavy atom. The summed E-state index contributed by atoms with van der Waals surface area (Å²) in [5, 5.41) is 17.5. The second-order valence-electron chi connectivity index (χ2n) is 5.27. The SMILES string of the molecule is CC(=O)Nc1cccc(N[C@@H](C)C(=O)Nc2ccccc2C#N)c1. The highest BCUT2D eigenvalue weighted by Gasteiger charge is 2.14. The first-order valence-electron chi connectivity index (χ1n) is 7.44. The van der Waals surface area contributed by atoms with Gasteiger partial charge in [-0.2, -0.15) is 5.26 Å². The van der Waals surface area contributed by atoms with Crippen LogP contribution in [0.15, 0.2) is 48.5 Å². The molecule has 2 amide bonds. The lowest BCUT2D eigenvalue weighted by Crippen LogP contribution is -2.32. The number of nitriles is 1. The van der Waals surface area contributed by atoms with E-state index in [-0.39, 0.29) is 11.8 Å². The van der Waals surface area contributed by atoms with E-state index < -0.39 is 6.04 Å². The summed E-state index contributed by atoms with van der Waals surface area (Å²) in [6.07, 6.45) is 0. The molecule has 0 aliphatic carbocycles. The van der Waals surface area contributed by atoms with Gasteiger partial charge in [-0.25, -0.2) is 0 Å². The highest BCUT2D eigenvalue weighted by molar-refractivity contribution is 5.97. The van der Waals surface area contributed by atoms with Gasteiger partial charge in [0.1, 0.15) is 12.1 Å². The number of anilines is 3. The summed E-state index contributed by atoms with van der Waals surface area (Å²) in [7, 11) is 0. The van der Waals surface area contributed by atoms with Gasteiger partial charge >= 0.3 is 0 Å². The van der Waals surface area contributed by atoms with Gasteiger partial charge in [-0.3, -0.25) is 9.59 Å². The Bertz CT molecular complexity index is 796. The van der Waals surface area contributed by atoms with Crippen molar-refractivity contribution in [2.75, 3.05) is 16.0 Å². The van der Waals surface area contributed by atoms with Gasteiger partial charge in [-0.1, -0.05) is 18.2 Å². The molecule has 0 aliphatic heterocycles. The number of benzene rings is 2. The second kappa shape index (κ2) is 7.79. The standard InChI is InChI=1S/C18H18N4O2/c1-12(18(24)22-17-9-4-3-6-14(17)11-19)20-15-7-5-8-16(10-15)21-13(2)23/h3-10,12,20H,1-2H3,(H,21,23)(H,22,24)/t12-/m0/s1. The van der Waals surface area contributed by atoms with E-state index in [4.69, 9.17) is 5.26 Å². The number of nitrogens with one attached hydrogen (secondary N) is 3. The Morgan fingerprint density at radius 3 is 2.46 bits per heavy atom. The van der Waals surface area contributed by atoms with Crippen molar-refractivity contribution in [2.45, 2.75) is 19.9 Å². The van der Waals surface area contributed by atoms with Crippen molar-refractivity contribution in [3.63, 3.8) is 0 Å². The van der Waals surface area contributed by atoms with Gasteiger partial charge in [0, 0.05) is 18.3 Å². The van der Waals surface area contributed by atoms with Gasteiger partial charge in [-0.05, 0) is 37.3 Å². The fourth-order valence-corrected chi connectivity index (χ4v) is 2.14. The van der Waals surface area contributed by atoms with E-state index in [0.717, 1.165) is 0 Å². The molecule has 1 atom stereocenters. The van der Waals surface area contributed by atoms with Crippen LogP contribution in [0.2, 0.25) is 0 Å². The zero-order valence-corrected chi connectivity index (χ0v) is 13.5. The summed E-state index contributed by atoms with van der Waals surface area (Å²) in [5.41, 5.74) is 2.24. The molecular formula is C18H18N4O2. The van der Waals surface area contributed by atoms with Crippen LogP contribution in [0.25, 0.3) is 0 Å². The number of rotatable bonds is 5. The van der Waals surface area contributed by atoms with Crippen LogP contribution in [-0.4, -0.2) is 17.9 Å². The highest BCUT2D eigenvalue weighted by Crippen LogP contribution is 2.17. The fourth-order valence-electron chi connectivity index (χ4n) is 2.14. The Balaban J connectivity index is 2.04. The van der Waals surface area contributed by atoms with E-state index >= 15 is 0 Å². The minimum atomic E-state index is -0.524. The Morgan fingerprint density at radius 2 is 1.75 bits per heavy atom. The van der Waals surface area contributed by atoms with E-state index in [9.17, 15) is 9.59 Å². The quantitative estimate of drug-likeness (QED) is 0.789. The van der Waals surface area contributed by atoms with Crippen molar-refractivity contribution in [3.05, 3.63) is 54.1 Å². The Kier molecular flexibility index (Phi) is 5.53. The third-order valence-corrected chi connectivity index (χ3v) is 3.26. The van der Waals surface area contributed by atoms with Gasteiger partial charge < -0.3 is 16.0 Å². The smallest absolute Gasteiger partial charge is 0.246 e. The molecule has 6 heteroatoms. The average Bonchev–Trinajstić information content (AvgIpc) is 2.55. The predicted molar refractivity (Wildman–Crippen MR) is 93.6 cm³/mol. The maximum absolute atomic E-state index is 12.3. The number of hydrogen-bond acceptors (Lipinski definition) is 4. The van der Waals surface area contributed by atoms with E-state index in [1.807, 2.05) is 6.07 Å². The highest BCUT2D eigenvalue weighted by atomic mass is 16.2. The summed E-state index contributed by atoms with van der Waals surface area (Å²) in [4.78, 5) is 23.4. The van der Waals surface area contributed by atoms with Crippen LogP contribution in [-0.2, 0) is 9.59 Å². The van der Waals surface area contributed by atoms with Crippen LogP contribution in [0.3, 0.4) is 0 Å². The van der Waals surface area contributed by atoms with E-state index in [1.54, 1.807) is 55.5 Å². The zero-order valence-electron chi connectivity index (χ0n) is 13.5. The third kappa shape index (κ3) is 4.58. The minimum Gasteiger partial charge on any atom is -0.374 e. The minimum absolute atomic E-state index is 0.161. The molecule has 0 unspecified atom stereocenters. The van der Waals surface area contributed by atoms with Crippen molar-refractivity contribution in [2.24, 2.45) is 0 Å². The number of para-hydroxylation sites is 1. The molecule has 0 aliphatic rings. The largest absolute Gasteiger partial charge is 0.374 e. The molecule has 0 aromatic heterocycles. The first-order valence-corrected chi connectivity index (χ1v) is 7.44. The molecule has 2 aromatic carbocycles. The summed E-state index contributed by atoms with van der Waals surface area (Å²) in [6, 6.07) is 15.4. The van der Waals surface area contributed by atoms with Gasteiger partial charge in [0.25, 0.3) is 0 Å². The predicted octanol–water partition coefficient (Wildman–Crippen LogP) is 2.96. The topological polar surface area (TPSA) is 94.0 Å². The maximum atomic E-state index is 12.3. The molecule has 0 fully saturated rings. The molecule has 3 N–H and O–H groups in total. The van der Waals surface area contributed by atoms with Crippen LogP contribution in [0.5, 0.6) is 0 Å². The van der Waals surface area contributed by atoms with Gasteiger partial charge in [-0.15, -0.1) is 0 Å². The number of amides is 2. The van der Waals surface area contributed by atoms with Crippen LogP contribution in [0.4, 0.5) is 17.1 Å². The van der Waals surface area contributed by atoms with Crippen LogP contribution < -0.4 is 16.0 Å². The Hall–Kier alpha value is -3.33. The summed E-state index contributed by atoms with van der Waals surface area (Å²) in [5.74, 6) is -0.423. The summed E-state index contributed by atoms with van der Waals surface area (Å²) >= 11 is 0. The van der Waals surface area contributed by atoms with E-state index in [0.29, 0.717) is 22.6 Å². The van der Waals surface area contributed by atoms with Crippen LogP contribution >= 0.6 is 0 Å². The normalized spacial score (nSPS) is 11.0. The van der Waals surface area contributed by atoms with Crippen molar-refractivity contribution in [3.8, 4) is 6.07 Å². The molecule has 122 valence electrons. The van der Waals surface area contributed by atoms with Crippen molar-refractivity contribution in [1.29, 1.82) is 5.26 Å². The summed E-state index contributed by atoms with van der Waals surface area (Å²) < 4.78 is 0. The van der Waals surface area contributed by atoms with E-state index in [1.165, 1.54) is 6.92 Å². The van der Waals surface area contributed by atoms with Crippen molar-refractivity contribution >= 4 is 28.9 Å². The second-order valence-corrected chi connectivity index (χ2v) is 5.27. The first-order chi connectivity index (χ1) is 11.5. The van der Waals surface area contributed by atoms with Crippen molar-refractivity contribution in [1.82, 2.24) is 0 Å². The van der Waals surface area contributed by atoms with Crippen LogP contribution in [0.1, 0.15) is 19.4 Å². The van der Waals surface area contributed by atoms with Crippen molar-refractivity contribution < 1.29 is 9.59 Å². The number of carbonyl (C=O) groups excluding carboxylic acids is 2. The summed E-state index contributed by atoms with van der Waals surface area (Å²) in [6.45, 7) is 3.15. The molecule has 0 spiro atoms. The molecule has 24 heavy (non-hydrogen) atoms. The molecule has 6 nitrogen and oxygen atoms in total. The molecule has 2 aromatic rings. The van der Waals surface area contributed by atoms with Gasteiger partial charge in [0.15, 0.2) is 0 Å². The lowest BCUT2D eigenvalue weighted by molar-refractivity contribution is -0.116. The molecule has 0 heterocycles. The lowest BCUT2D eigenvalue weighted by Gasteiger charge is -2.16. The number of nitrogens with zero attached hydrogens (tertiary/aromatic N) is 1. The molecule has 2 rings (SSSR count). The lowest BCUT2D eigenvalue weighted by atomic mass is 10.2. The molecule has 0 bridgehead atoms. The van der Waals surface area contributed by atoms with Crippen LogP contribution in [0, 0.1) is 11.3 Å². The molecule has 0 saturated carbocycles. The maximum Gasteiger partial charge on any atom is 0.246 e. The van der Waals surface area contributed by atoms with Gasteiger partial charge in [0.2, 0.25) is 11.8 Å². The van der Waals surface area contributed by atoms with E-state index in [2.05, 4.69) is 16.0 Å². The number of carbonyl (C=O) groups is 2. The Labute approximate surface area is 140 Å². The molecule has 0 saturated heterocycles.